The lowest BCUT2D eigenvalue weighted by atomic mass is 9.92. The van der Waals surface area contributed by atoms with Crippen LogP contribution in [0.2, 0.25) is 5.02 Å². The van der Waals surface area contributed by atoms with E-state index in [9.17, 15) is 18.0 Å². The largest absolute Gasteiger partial charge is 0.490 e. The van der Waals surface area contributed by atoms with Gasteiger partial charge in [-0.3, -0.25) is 4.79 Å². The van der Waals surface area contributed by atoms with Gasteiger partial charge in [-0.2, -0.15) is 13.2 Å². The lowest BCUT2D eigenvalue weighted by molar-refractivity contribution is -0.192. The summed E-state index contributed by atoms with van der Waals surface area (Å²) in [6.45, 7) is 10.1. The Morgan fingerprint density at radius 3 is 2.41 bits per heavy atom. The molecule has 180 valence electrons. The normalized spacial score (nSPS) is 22.5. The fraction of sp³-hybridized carbons (Fsp3) is 0.636. The van der Waals surface area contributed by atoms with Gasteiger partial charge in [-0.15, -0.1) is 0 Å². The number of fused-ring (bicyclic) bond motifs is 1. The van der Waals surface area contributed by atoms with E-state index < -0.39 is 12.1 Å². The standard InChI is InChI=1S/C20H29ClN2O2.C2HF3O2/c1-3-22(4-2)11-16-14-25-19-13-23(12-17(16)19)20(24)10-9-15-7-5-6-8-18(15)21;3-2(4,5)1(6)7/h5-8,16-17,19H,3-4,9-14H2,1-2H3;(H,6,7)/t16-,17+,19+;/m0./s1. The van der Waals surface area contributed by atoms with Crippen LogP contribution in [0.15, 0.2) is 24.3 Å². The molecule has 1 aromatic carbocycles. The Bertz CT molecular complexity index is 774. The number of nitrogens with zero attached hydrogens (tertiary/aromatic N) is 2. The quantitative estimate of drug-likeness (QED) is 0.647. The summed E-state index contributed by atoms with van der Waals surface area (Å²) in [5, 5.41) is 7.87. The highest BCUT2D eigenvalue weighted by molar-refractivity contribution is 6.31. The van der Waals surface area contributed by atoms with Gasteiger partial charge in [-0.25, -0.2) is 4.79 Å². The minimum atomic E-state index is -5.08. The number of carboxylic acids is 1. The van der Waals surface area contributed by atoms with Gasteiger partial charge in [0.15, 0.2) is 0 Å². The highest BCUT2D eigenvalue weighted by Crippen LogP contribution is 2.34. The number of ether oxygens (including phenoxy) is 1. The first-order valence-corrected chi connectivity index (χ1v) is 11.1. The van der Waals surface area contributed by atoms with Gasteiger partial charge >= 0.3 is 12.1 Å². The number of carboxylic acid groups (broad SMARTS) is 1. The molecule has 2 aliphatic heterocycles. The maximum Gasteiger partial charge on any atom is 0.490 e. The number of carbonyl (C=O) groups excluding carboxylic acids is 1. The van der Waals surface area contributed by atoms with Gasteiger partial charge in [0.25, 0.3) is 0 Å². The van der Waals surface area contributed by atoms with Crippen LogP contribution in [0.25, 0.3) is 0 Å². The molecule has 10 heteroatoms. The number of halogens is 4. The van der Waals surface area contributed by atoms with Crippen molar-refractivity contribution in [2.24, 2.45) is 11.8 Å². The van der Waals surface area contributed by atoms with E-state index in [1.165, 1.54) is 0 Å². The summed E-state index contributed by atoms with van der Waals surface area (Å²) >= 11 is 6.19. The topological polar surface area (TPSA) is 70.1 Å². The van der Waals surface area contributed by atoms with Crippen LogP contribution >= 0.6 is 11.6 Å². The highest BCUT2D eigenvalue weighted by atomic mass is 35.5. The molecule has 3 rings (SSSR count). The van der Waals surface area contributed by atoms with Crippen molar-refractivity contribution in [2.75, 3.05) is 39.3 Å². The first-order valence-electron chi connectivity index (χ1n) is 10.7. The fourth-order valence-corrected chi connectivity index (χ4v) is 4.34. The van der Waals surface area contributed by atoms with Crippen LogP contribution < -0.4 is 0 Å². The molecular weight excluding hydrogens is 449 g/mol. The van der Waals surface area contributed by atoms with Crippen LogP contribution in [0.5, 0.6) is 0 Å². The number of amides is 1. The van der Waals surface area contributed by atoms with Crippen molar-refractivity contribution in [2.45, 2.75) is 39.0 Å². The summed E-state index contributed by atoms with van der Waals surface area (Å²) in [6.07, 6.45) is -3.64. The van der Waals surface area contributed by atoms with E-state index in [0.29, 0.717) is 24.7 Å². The zero-order valence-electron chi connectivity index (χ0n) is 18.3. The smallest absolute Gasteiger partial charge is 0.475 e. The van der Waals surface area contributed by atoms with Crippen molar-refractivity contribution in [3.05, 3.63) is 34.9 Å². The number of carbonyl (C=O) groups is 2. The van der Waals surface area contributed by atoms with Gasteiger partial charge < -0.3 is 19.6 Å². The summed E-state index contributed by atoms with van der Waals surface area (Å²) < 4.78 is 37.7. The number of rotatable bonds is 7. The van der Waals surface area contributed by atoms with Crippen LogP contribution in [0.4, 0.5) is 13.2 Å². The molecule has 32 heavy (non-hydrogen) atoms. The summed E-state index contributed by atoms with van der Waals surface area (Å²) in [6, 6.07) is 7.77. The number of aliphatic carboxylic acids is 1. The second-order valence-corrected chi connectivity index (χ2v) is 8.38. The van der Waals surface area contributed by atoms with E-state index in [4.69, 9.17) is 26.2 Å². The number of hydrogen-bond acceptors (Lipinski definition) is 4. The summed E-state index contributed by atoms with van der Waals surface area (Å²) in [5.41, 5.74) is 1.05. The van der Waals surface area contributed by atoms with Gasteiger partial charge in [-0.05, 0) is 31.1 Å². The van der Waals surface area contributed by atoms with Crippen LogP contribution in [0.3, 0.4) is 0 Å². The van der Waals surface area contributed by atoms with Crippen molar-refractivity contribution in [3.63, 3.8) is 0 Å². The van der Waals surface area contributed by atoms with E-state index >= 15 is 0 Å². The van der Waals surface area contributed by atoms with E-state index in [2.05, 4.69) is 18.7 Å². The van der Waals surface area contributed by atoms with Gasteiger partial charge in [0.2, 0.25) is 5.91 Å². The van der Waals surface area contributed by atoms with Gasteiger partial charge in [-0.1, -0.05) is 43.6 Å². The molecule has 2 heterocycles. The molecule has 0 saturated carbocycles. The van der Waals surface area contributed by atoms with Gasteiger partial charge in [0.1, 0.15) is 0 Å². The van der Waals surface area contributed by atoms with E-state index in [-0.39, 0.29) is 12.0 Å². The Hall–Kier alpha value is -1.84. The number of likely N-dealkylation sites (tertiary alicyclic amines) is 1. The Balaban J connectivity index is 0.000000451. The number of benzene rings is 1. The molecule has 2 fully saturated rings. The number of aryl methyl sites for hydroxylation is 1. The maximum atomic E-state index is 12.6. The molecular formula is C22H30ClF3N2O4. The Kier molecular flexibility index (Phi) is 9.79. The molecule has 0 bridgehead atoms. The van der Waals surface area contributed by atoms with Crippen molar-refractivity contribution in [3.8, 4) is 0 Å². The molecule has 0 aromatic heterocycles. The average Bonchev–Trinajstić information content (AvgIpc) is 3.32. The van der Waals surface area contributed by atoms with Crippen molar-refractivity contribution in [1.29, 1.82) is 0 Å². The second kappa shape index (κ2) is 11.9. The Labute approximate surface area is 191 Å². The average molecular weight is 479 g/mol. The molecule has 6 nitrogen and oxygen atoms in total. The van der Waals surface area contributed by atoms with Crippen molar-refractivity contribution < 1.29 is 32.6 Å². The van der Waals surface area contributed by atoms with E-state index in [1.807, 2.05) is 29.2 Å². The molecule has 0 radical (unpaired) electrons. The first-order chi connectivity index (χ1) is 15.1. The molecule has 0 aliphatic carbocycles. The predicted octanol–water partition coefficient (Wildman–Crippen LogP) is 3.72. The molecule has 3 atom stereocenters. The monoisotopic (exact) mass is 478 g/mol. The molecule has 1 amide bonds. The molecule has 2 saturated heterocycles. The summed E-state index contributed by atoms with van der Waals surface area (Å²) in [4.78, 5) is 26.0. The van der Waals surface area contributed by atoms with Crippen LogP contribution in [0.1, 0.15) is 25.8 Å². The maximum absolute atomic E-state index is 12.6. The van der Waals surface area contributed by atoms with Crippen LogP contribution in [-0.4, -0.2) is 78.4 Å². The third-order valence-corrected chi connectivity index (χ3v) is 6.36. The minimum Gasteiger partial charge on any atom is -0.475 e. The molecule has 0 spiro atoms. The highest BCUT2D eigenvalue weighted by Gasteiger charge is 2.45. The summed E-state index contributed by atoms with van der Waals surface area (Å²) in [5.74, 6) is -1.50. The first kappa shape index (κ1) is 26.4. The lowest BCUT2D eigenvalue weighted by Crippen LogP contribution is -2.35. The molecule has 2 aliphatic rings. The third-order valence-electron chi connectivity index (χ3n) is 5.99. The fourth-order valence-electron chi connectivity index (χ4n) is 4.10. The summed E-state index contributed by atoms with van der Waals surface area (Å²) in [7, 11) is 0. The zero-order chi connectivity index (χ0) is 23.9. The Morgan fingerprint density at radius 1 is 1.22 bits per heavy atom. The molecule has 1 N–H and O–H groups in total. The minimum absolute atomic E-state index is 0.222. The Morgan fingerprint density at radius 2 is 1.84 bits per heavy atom. The SMILES string of the molecule is CCN(CC)C[C@H]1CO[C@@H]2CN(C(=O)CCc3ccccc3Cl)C[C@H]12.O=C(O)C(F)(F)F. The van der Waals surface area contributed by atoms with Gasteiger partial charge in [0, 0.05) is 42.9 Å². The lowest BCUT2D eigenvalue weighted by Gasteiger charge is -2.25. The van der Waals surface area contributed by atoms with Crippen LogP contribution in [-0.2, 0) is 20.7 Å². The van der Waals surface area contributed by atoms with Crippen LogP contribution in [0, 0.1) is 11.8 Å². The molecule has 1 aromatic rings. The third kappa shape index (κ3) is 7.35. The zero-order valence-corrected chi connectivity index (χ0v) is 19.0. The second-order valence-electron chi connectivity index (χ2n) is 7.97. The predicted molar refractivity (Wildman–Crippen MR) is 115 cm³/mol. The number of hydrogen-bond donors (Lipinski definition) is 1. The van der Waals surface area contributed by atoms with Crippen molar-refractivity contribution in [1.82, 2.24) is 9.80 Å². The van der Waals surface area contributed by atoms with E-state index in [0.717, 1.165) is 49.9 Å². The van der Waals surface area contributed by atoms with E-state index in [1.54, 1.807) is 0 Å². The van der Waals surface area contributed by atoms with Crippen molar-refractivity contribution >= 4 is 23.5 Å². The number of alkyl halides is 3. The molecule has 0 unspecified atom stereocenters. The van der Waals surface area contributed by atoms with Gasteiger partial charge in [0.05, 0.1) is 12.7 Å².